The third-order valence-electron chi connectivity index (χ3n) is 3.95. The molecule has 8 heteroatoms. The van der Waals surface area contributed by atoms with Crippen LogP contribution in [0.5, 0.6) is 0 Å². The van der Waals surface area contributed by atoms with Crippen LogP contribution in [0.15, 0.2) is 24.3 Å². The molecule has 0 aliphatic carbocycles. The van der Waals surface area contributed by atoms with Crippen LogP contribution in [0.4, 0.5) is 5.69 Å². The molecule has 23 heavy (non-hydrogen) atoms. The van der Waals surface area contributed by atoms with E-state index < -0.39 is 0 Å². The Morgan fingerprint density at radius 2 is 2.22 bits per heavy atom. The Morgan fingerprint density at radius 3 is 2.91 bits per heavy atom. The third-order valence-corrected chi connectivity index (χ3v) is 4.18. The largest absolute Gasteiger partial charge is 0.378 e. The second-order valence-corrected chi connectivity index (χ2v) is 5.94. The molecule has 2 atom stereocenters. The third kappa shape index (κ3) is 5.40. The highest BCUT2D eigenvalue weighted by Gasteiger charge is 2.28. The quantitative estimate of drug-likeness (QED) is 0.838. The molecule has 3 rings (SSSR count). The SMILES string of the molecule is Cl.Cl.O=C(NC1CCN(c2cccc(Cl)c2)C1)C1COCCN1. The Bertz CT molecular complexity index is 512. The zero-order chi connectivity index (χ0) is 14.7. The van der Waals surface area contributed by atoms with Gasteiger partial charge >= 0.3 is 0 Å². The monoisotopic (exact) mass is 381 g/mol. The van der Waals surface area contributed by atoms with Crippen LogP contribution in [0, 0.1) is 0 Å². The fourth-order valence-corrected chi connectivity index (χ4v) is 3.01. The van der Waals surface area contributed by atoms with Gasteiger partial charge < -0.3 is 20.3 Å². The van der Waals surface area contributed by atoms with Crippen molar-refractivity contribution in [2.45, 2.75) is 18.5 Å². The molecular formula is C15H22Cl3N3O2. The number of rotatable bonds is 3. The van der Waals surface area contributed by atoms with Gasteiger partial charge in [0, 0.05) is 36.4 Å². The van der Waals surface area contributed by atoms with E-state index in [2.05, 4.69) is 15.5 Å². The number of halogens is 3. The van der Waals surface area contributed by atoms with Crippen LogP contribution in [0.2, 0.25) is 5.02 Å². The standard InChI is InChI=1S/C15H20ClN3O2.2ClH/c16-11-2-1-3-13(8-11)19-6-4-12(9-19)18-15(20)14-10-21-7-5-17-14;;/h1-3,8,12,14,17H,4-7,9-10H2,(H,18,20);2*1H. The Hall–Kier alpha value is -0.720. The summed E-state index contributed by atoms with van der Waals surface area (Å²) in [6.07, 6.45) is 0.950. The zero-order valence-corrected chi connectivity index (χ0v) is 15.1. The first-order valence-electron chi connectivity index (χ1n) is 7.34. The van der Waals surface area contributed by atoms with E-state index >= 15 is 0 Å². The second kappa shape index (κ2) is 9.55. The maximum atomic E-state index is 12.2. The summed E-state index contributed by atoms with van der Waals surface area (Å²) in [6, 6.07) is 7.79. The number of nitrogens with zero attached hydrogens (tertiary/aromatic N) is 1. The molecule has 1 aromatic carbocycles. The molecular weight excluding hydrogens is 361 g/mol. The average Bonchev–Trinajstić information content (AvgIpc) is 2.97. The molecule has 0 bridgehead atoms. The lowest BCUT2D eigenvalue weighted by molar-refractivity contribution is -0.126. The average molecular weight is 383 g/mol. The van der Waals surface area contributed by atoms with E-state index in [1.165, 1.54) is 0 Å². The van der Waals surface area contributed by atoms with E-state index in [0.29, 0.717) is 13.2 Å². The van der Waals surface area contributed by atoms with Gasteiger partial charge in [0.15, 0.2) is 0 Å². The Labute approximate surface area is 153 Å². The maximum Gasteiger partial charge on any atom is 0.239 e. The number of hydrogen-bond donors (Lipinski definition) is 2. The number of carbonyl (C=O) groups excluding carboxylic acids is 1. The molecule has 130 valence electrons. The molecule has 2 heterocycles. The van der Waals surface area contributed by atoms with Crippen LogP contribution in [0.1, 0.15) is 6.42 Å². The van der Waals surface area contributed by atoms with E-state index in [-0.39, 0.29) is 42.8 Å². The summed E-state index contributed by atoms with van der Waals surface area (Å²) >= 11 is 6.03. The number of morpholine rings is 1. The minimum Gasteiger partial charge on any atom is -0.378 e. The van der Waals surface area contributed by atoms with Crippen molar-refractivity contribution in [2.75, 3.05) is 37.7 Å². The molecule has 5 nitrogen and oxygen atoms in total. The van der Waals surface area contributed by atoms with Crippen LogP contribution in [0.3, 0.4) is 0 Å². The highest BCUT2D eigenvalue weighted by molar-refractivity contribution is 6.30. The van der Waals surface area contributed by atoms with Crippen molar-refractivity contribution < 1.29 is 9.53 Å². The molecule has 2 N–H and O–H groups in total. The molecule has 1 amide bonds. The smallest absolute Gasteiger partial charge is 0.239 e. The normalized spacial score (nSPS) is 23.6. The van der Waals surface area contributed by atoms with Crippen LogP contribution in [-0.4, -0.2) is 50.8 Å². The highest BCUT2D eigenvalue weighted by atomic mass is 35.5. The van der Waals surface area contributed by atoms with Gasteiger partial charge in [-0.3, -0.25) is 4.79 Å². The molecule has 0 aromatic heterocycles. The minimum absolute atomic E-state index is 0. The van der Waals surface area contributed by atoms with Gasteiger partial charge in [0.1, 0.15) is 6.04 Å². The fraction of sp³-hybridized carbons (Fsp3) is 0.533. The van der Waals surface area contributed by atoms with Crippen LogP contribution in [0.25, 0.3) is 0 Å². The van der Waals surface area contributed by atoms with Gasteiger partial charge in [-0.1, -0.05) is 17.7 Å². The van der Waals surface area contributed by atoms with Gasteiger partial charge in [0.05, 0.1) is 13.2 Å². The molecule has 0 radical (unpaired) electrons. The minimum atomic E-state index is -0.223. The topological polar surface area (TPSA) is 53.6 Å². The lowest BCUT2D eigenvalue weighted by Crippen LogP contribution is -2.53. The molecule has 2 aliphatic heterocycles. The predicted molar refractivity (Wildman–Crippen MR) is 97.3 cm³/mol. The molecule has 0 spiro atoms. The van der Waals surface area contributed by atoms with Crippen molar-refractivity contribution in [3.8, 4) is 0 Å². The Balaban J connectivity index is 0.00000132. The highest BCUT2D eigenvalue weighted by Crippen LogP contribution is 2.23. The number of amides is 1. The summed E-state index contributed by atoms with van der Waals surface area (Å²) in [5, 5.41) is 7.02. The zero-order valence-electron chi connectivity index (χ0n) is 12.7. The van der Waals surface area contributed by atoms with Gasteiger partial charge in [0.2, 0.25) is 5.91 Å². The lowest BCUT2D eigenvalue weighted by Gasteiger charge is -2.25. The van der Waals surface area contributed by atoms with Gasteiger partial charge in [-0.2, -0.15) is 0 Å². The number of carbonyl (C=O) groups is 1. The van der Waals surface area contributed by atoms with Crippen molar-refractivity contribution in [2.24, 2.45) is 0 Å². The number of benzene rings is 1. The number of nitrogens with one attached hydrogen (secondary N) is 2. The van der Waals surface area contributed by atoms with Crippen molar-refractivity contribution >= 4 is 48.0 Å². The van der Waals surface area contributed by atoms with E-state index in [1.54, 1.807) is 0 Å². The summed E-state index contributed by atoms with van der Waals surface area (Å²) in [7, 11) is 0. The first kappa shape index (κ1) is 20.3. The van der Waals surface area contributed by atoms with Crippen molar-refractivity contribution in [3.05, 3.63) is 29.3 Å². The van der Waals surface area contributed by atoms with Crippen molar-refractivity contribution in [3.63, 3.8) is 0 Å². The van der Waals surface area contributed by atoms with E-state index in [9.17, 15) is 4.79 Å². The molecule has 0 saturated carbocycles. The van der Waals surface area contributed by atoms with Gasteiger partial charge in [-0.25, -0.2) is 0 Å². The summed E-state index contributed by atoms with van der Waals surface area (Å²) in [5.74, 6) is 0.0349. The Kier molecular flexibility index (Phi) is 8.44. The summed E-state index contributed by atoms with van der Waals surface area (Å²) < 4.78 is 5.32. The van der Waals surface area contributed by atoms with E-state index in [1.807, 2.05) is 24.3 Å². The molecule has 2 fully saturated rings. The molecule has 2 aliphatic rings. The predicted octanol–water partition coefficient (Wildman–Crippen LogP) is 1.87. The summed E-state index contributed by atoms with van der Waals surface area (Å²) in [4.78, 5) is 14.4. The van der Waals surface area contributed by atoms with Crippen LogP contribution < -0.4 is 15.5 Å². The maximum absolute atomic E-state index is 12.2. The van der Waals surface area contributed by atoms with Gasteiger partial charge in [0.25, 0.3) is 0 Å². The van der Waals surface area contributed by atoms with Crippen LogP contribution >= 0.6 is 36.4 Å². The summed E-state index contributed by atoms with van der Waals surface area (Å²) in [6.45, 7) is 3.61. The molecule has 2 unspecified atom stereocenters. The molecule has 2 saturated heterocycles. The fourth-order valence-electron chi connectivity index (χ4n) is 2.82. The van der Waals surface area contributed by atoms with Gasteiger partial charge in [-0.15, -0.1) is 24.8 Å². The first-order chi connectivity index (χ1) is 10.2. The van der Waals surface area contributed by atoms with Gasteiger partial charge in [-0.05, 0) is 24.6 Å². The number of ether oxygens (including phenoxy) is 1. The lowest BCUT2D eigenvalue weighted by atomic mass is 10.2. The van der Waals surface area contributed by atoms with Crippen molar-refractivity contribution in [1.29, 1.82) is 0 Å². The summed E-state index contributed by atoms with van der Waals surface area (Å²) in [5.41, 5.74) is 1.11. The molecule has 1 aromatic rings. The van der Waals surface area contributed by atoms with Crippen molar-refractivity contribution in [1.82, 2.24) is 10.6 Å². The first-order valence-corrected chi connectivity index (χ1v) is 7.72. The van der Waals surface area contributed by atoms with Crippen LogP contribution in [-0.2, 0) is 9.53 Å². The Morgan fingerprint density at radius 1 is 1.39 bits per heavy atom. The van der Waals surface area contributed by atoms with E-state index in [0.717, 1.165) is 36.8 Å². The second-order valence-electron chi connectivity index (χ2n) is 5.50. The van der Waals surface area contributed by atoms with E-state index in [4.69, 9.17) is 16.3 Å². The number of hydrogen-bond acceptors (Lipinski definition) is 4. The number of anilines is 1.